The van der Waals surface area contributed by atoms with E-state index in [1.165, 1.54) is 12.1 Å². The Hall–Kier alpha value is -3.59. The lowest BCUT2D eigenvalue weighted by Crippen LogP contribution is -2.23. The number of anilines is 1. The van der Waals surface area contributed by atoms with E-state index in [9.17, 15) is 26.8 Å². The van der Waals surface area contributed by atoms with Crippen LogP contribution < -0.4 is 10.6 Å². The van der Waals surface area contributed by atoms with Crippen molar-refractivity contribution in [2.24, 2.45) is 0 Å². The molecule has 9 heteroatoms. The number of aryl methyl sites for hydroxylation is 1. The lowest BCUT2D eigenvalue weighted by atomic mass is 10.1. The Morgan fingerprint density at radius 2 is 1.47 bits per heavy atom. The van der Waals surface area contributed by atoms with Crippen LogP contribution in [-0.2, 0) is 16.4 Å². The molecule has 0 aliphatic heterocycles. The maximum absolute atomic E-state index is 12.6. The number of amides is 2. The molecule has 0 radical (unpaired) electrons. The van der Waals surface area contributed by atoms with Crippen LogP contribution in [0.1, 0.15) is 31.8 Å². The smallest absolute Gasteiger partial charge is 0.341 e. The number of hydrogen-bond acceptors (Lipinski definition) is 4. The fourth-order valence-electron chi connectivity index (χ4n) is 2.85. The standard InChI is InChI=1S/C23H20F2N2O4S/c1-15-5-7-18(8-6-15)22(29)27-19-4-2-3-16(13-19)14-26-21(28)17-9-11-20(12-10-17)32(30,31)23(24)25/h2-13,23H,14H2,1H3,(H,26,28)(H,27,29). The minimum Gasteiger partial charge on any atom is -0.348 e. The average Bonchev–Trinajstić information content (AvgIpc) is 2.78. The van der Waals surface area contributed by atoms with Gasteiger partial charge in [0.2, 0.25) is 9.84 Å². The Morgan fingerprint density at radius 1 is 0.875 bits per heavy atom. The molecule has 0 bridgehead atoms. The van der Waals surface area contributed by atoms with Crippen LogP contribution in [0.15, 0.2) is 77.7 Å². The molecule has 2 N–H and O–H groups in total. The van der Waals surface area contributed by atoms with Crippen molar-refractivity contribution < 1.29 is 26.8 Å². The number of hydrogen-bond donors (Lipinski definition) is 2. The Labute approximate surface area is 184 Å². The fourth-order valence-corrected chi connectivity index (χ4v) is 3.57. The summed E-state index contributed by atoms with van der Waals surface area (Å²) in [4.78, 5) is 24.1. The van der Waals surface area contributed by atoms with Crippen molar-refractivity contribution >= 4 is 27.3 Å². The maximum Gasteiger partial charge on any atom is 0.341 e. The van der Waals surface area contributed by atoms with E-state index in [0.717, 1.165) is 23.3 Å². The minimum atomic E-state index is -4.71. The third-order valence-corrected chi connectivity index (χ3v) is 6.03. The second-order valence-electron chi connectivity index (χ2n) is 7.03. The molecular formula is C23H20F2N2O4S. The van der Waals surface area contributed by atoms with Gasteiger partial charge >= 0.3 is 5.76 Å². The highest BCUT2D eigenvalue weighted by atomic mass is 32.2. The van der Waals surface area contributed by atoms with Crippen LogP contribution in [0.2, 0.25) is 0 Å². The molecule has 6 nitrogen and oxygen atoms in total. The Balaban J connectivity index is 1.61. The summed E-state index contributed by atoms with van der Waals surface area (Å²) >= 11 is 0. The molecule has 0 saturated heterocycles. The normalized spacial score (nSPS) is 11.2. The zero-order valence-corrected chi connectivity index (χ0v) is 17.8. The van der Waals surface area contributed by atoms with Crippen LogP contribution in [-0.4, -0.2) is 26.0 Å². The highest BCUT2D eigenvalue weighted by molar-refractivity contribution is 7.91. The number of nitrogens with one attached hydrogen (secondary N) is 2. The predicted molar refractivity (Wildman–Crippen MR) is 116 cm³/mol. The van der Waals surface area contributed by atoms with Gasteiger partial charge in [0.25, 0.3) is 11.8 Å². The summed E-state index contributed by atoms with van der Waals surface area (Å²) in [5.74, 6) is -4.29. The van der Waals surface area contributed by atoms with Crippen LogP contribution in [0.5, 0.6) is 0 Å². The lowest BCUT2D eigenvalue weighted by Gasteiger charge is -2.10. The summed E-state index contributed by atoms with van der Waals surface area (Å²) in [6.07, 6.45) is 0. The number of benzene rings is 3. The van der Waals surface area contributed by atoms with Gasteiger partial charge < -0.3 is 10.6 Å². The number of halogens is 2. The number of carbonyl (C=O) groups excluding carboxylic acids is 2. The van der Waals surface area contributed by atoms with E-state index in [1.54, 1.807) is 36.4 Å². The van der Waals surface area contributed by atoms with Gasteiger partial charge in [-0.05, 0) is 61.0 Å². The second kappa shape index (κ2) is 9.69. The number of rotatable bonds is 7. The molecule has 32 heavy (non-hydrogen) atoms. The van der Waals surface area contributed by atoms with Crippen molar-refractivity contribution in [1.82, 2.24) is 5.32 Å². The molecule has 0 spiro atoms. The van der Waals surface area contributed by atoms with Gasteiger partial charge in [0.1, 0.15) is 0 Å². The quantitative estimate of drug-likeness (QED) is 0.556. The van der Waals surface area contributed by atoms with E-state index in [0.29, 0.717) is 11.3 Å². The zero-order chi connectivity index (χ0) is 23.3. The third-order valence-electron chi connectivity index (χ3n) is 4.63. The van der Waals surface area contributed by atoms with E-state index >= 15 is 0 Å². The monoisotopic (exact) mass is 458 g/mol. The molecule has 0 aliphatic carbocycles. The molecule has 3 aromatic carbocycles. The van der Waals surface area contributed by atoms with Crippen molar-refractivity contribution in [3.63, 3.8) is 0 Å². The summed E-state index contributed by atoms with van der Waals surface area (Å²) in [5.41, 5.74) is 2.97. The topological polar surface area (TPSA) is 92.3 Å². The number of sulfone groups is 1. The van der Waals surface area contributed by atoms with Crippen molar-refractivity contribution in [2.75, 3.05) is 5.32 Å². The molecule has 0 aliphatic rings. The van der Waals surface area contributed by atoms with Crippen LogP contribution in [0, 0.1) is 6.92 Å². The molecule has 3 aromatic rings. The number of alkyl halides is 2. The van der Waals surface area contributed by atoms with E-state index in [2.05, 4.69) is 10.6 Å². The molecule has 0 atom stereocenters. The molecule has 0 saturated carbocycles. The molecule has 166 valence electrons. The Bertz CT molecular complexity index is 1230. The van der Waals surface area contributed by atoms with Crippen molar-refractivity contribution in [3.8, 4) is 0 Å². The van der Waals surface area contributed by atoms with Gasteiger partial charge in [-0.2, -0.15) is 8.78 Å². The second-order valence-corrected chi connectivity index (χ2v) is 8.95. The summed E-state index contributed by atoms with van der Waals surface area (Å²) in [7, 11) is -4.71. The molecule has 3 rings (SSSR count). The van der Waals surface area contributed by atoms with Gasteiger partial charge in [0.15, 0.2) is 0 Å². The summed E-state index contributed by atoms with van der Waals surface area (Å²) < 4.78 is 48.1. The van der Waals surface area contributed by atoms with E-state index in [4.69, 9.17) is 0 Å². The van der Waals surface area contributed by atoms with Crippen LogP contribution in [0.25, 0.3) is 0 Å². The summed E-state index contributed by atoms with van der Waals surface area (Å²) in [6, 6.07) is 18.4. The van der Waals surface area contributed by atoms with Gasteiger partial charge in [-0.3, -0.25) is 9.59 Å². The summed E-state index contributed by atoms with van der Waals surface area (Å²) in [6.45, 7) is 2.07. The van der Waals surface area contributed by atoms with Crippen LogP contribution in [0.4, 0.5) is 14.5 Å². The first-order valence-corrected chi connectivity index (χ1v) is 11.1. The van der Waals surface area contributed by atoms with E-state index in [-0.39, 0.29) is 18.0 Å². The molecule has 0 aromatic heterocycles. The highest BCUT2D eigenvalue weighted by Gasteiger charge is 2.26. The number of carbonyl (C=O) groups is 2. The van der Waals surface area contributed by atoms with Crippen molar-refractivity contribution in [3.05, 3.63) is 95.1 Å². The Morgan fingerprint density at radius 3 is 2.09 bits per heavy atom. The first kappa shape index (κ1) is 23.1. The van der Waals surface area contributed by atoms with Crippen molar-refractivity contribution in [1.29, 1.82) is 0 Å². The predicted octanol–water partition coefficient (Wildman–Crippen LogP) is 4.17. The largest absolute Gasteiger partial charge is 0.348 e. The SMILES string of the molecule is Cc1ccc(C(=O)Nc2cccc(CNC(=O)c3ccc(S(=O)(=O)C(F)F)cc3)c2)cc1. The van der Waals surface area contributed by atoms with Gasteiger partial charge in [0.05, 0.1) is 4.90 Å². The van der Waals surface area contributed by atoms with Gasteiger partial charge in [-0.15, -0.1) is 0 Å². The first-order valence-electron chi connectivity index (χ1n) is 9.54. The van der Waals surface area contributed by atoms with E-state index < -0.39 is 26.4 Å². The highest BCUT2D eigenvalue weighted by Crippen LogP contribution is 2.19. The molecular weight excluding hydrogens is 438 g/mol. The first-order chi connectivity index (χ1) is 15.2. The van der Waals surface area contributed by atoms with Gasteiger partial charge in [-0.25, -0.2) is 8.42 Å². The molecule has 0 heterocycles. The van der Waals surface area contributed by atoms with Gasteiger partial charge in [-0.1, -0.05) is 29.8 Å². The zero-order valence-electron chi connectivity index (χ0n) is 17.0. The third kappa shape index (κ3) is 5.55. The van der Waals surface area contributed by atoms with Gasteiger partial charge in [0, 0.05) is 23.4 Å². The molecule has 2 amide bonds. The average molecular weight is 458 g/mol. The Kier molecular flexibility index (Phi) is 6.99. The fraction of sp³-hybridized carbons (Fsp3) is 0.130. The minimum absolute atomic E-state index is 0.127. The summed E-state index contributed by atoms with van der Waals surface area (Å²) in [5, 5.41) is 5.46. The lowest BCUT2D eigenvalue weighted by molar-refractivity contribution is 0.0949. The van der Waals surface area contributed by atoms with Crippen molar-refractivity contribution in [2.45, 2.75) is 24.1 Å². The van der Waals surface area contributed by atoms with Crippen LogP contribution >= 0.6 is 0 Å². The maximum atomic E-state index is 12.6. The molecule has 0 unspecified atom stereocenters. The molecule has 0 fully saturated rings. The van der Waals surface area contributed by atoms with E-state index in [1.807, 2.05) is 19.1 Å². The van der Waals surface area contributed by atoms with Crippen LogP contribution in [0.3, 0.4) is 0 Å².